The second-order valence-electron chi connectivity index (χ2n) is 5.72. The third kappa shape index (κ3) is 6.50. The fourth-order valence-corrected chi connectivity index (χ4v) is 2.57. The van der Waals surface area contributed by atoms with Crippen molar-refractivity contribution >= 4 is 15.9 Å². The van der Waals surface area contributed by atoms with Crippen LogP contribution < -0.4 is 5.32 Å². The summed E-state index contributed by atoms with van der Waals surface area (Å²) < 4.78 is 13.7. The maximum Gasteiger partial charge on any atom is 0.137 e. The molecule has 0 saturated heterocycles. The minimum Gasteiger partial charge on any atom is -0.309 e. The molecule has 0 fully saturated rings. The number of halogens is 2. The zero-order valence-electron chi connectivity index (χ0n) is 12.2. The van der Waals surface area contributed by atoms with Gasteiger partial charge in [0.1, 0.15) is 5.82 Å². The minimum atomic E-state index is -0.212. The van der Waals surface area contributed by atoms with E-state index in [1.54, 1.807) is 0 Å². The van der Waals surface area contributed by atoms with Crippen LogP contribution in [0.2, 0.25) is 0 Å². The zero-order valence-corrected chi connectivity index (χ0v) is 13.8. The van der Waals surface area contributed by atoms with Crippen molar-refractivity contribution in [3.8, 4) is 0 Å². The molecule has 0 aliphatic heterocycles. The van der Waals surface area contributed by atoms with Gasteiger partial charge in [-0.15, -0.1) is 0 Å². The van der Waals surface area contributed by atoms with Crippen molar-refractivity contribution in [2.24, 2.45) is 5.92 Å². The Morgan fingerprint density at radius 2 is 2.00 bits per heavy atom. The van der Waals surface area contributed by atoms with Crippen molar-refractivity contribution in [1.82, 2.24) is 10.2 Å². The molecule has 1 unspecified atom stereocenters. The molecule has 0 aliphatic rings. The Bertz CT molecular complexity index is 384. The molecule has 0 heterocycles. The third-order valence-corrected chi connectivity index (χ3v) is 3.53. The quantitative estimate of drug-likeness (QED) is 0.820. The highest BCUT2D eigenvalue weighted by Gasteiger charge is 2.11. The average molecular weight is 331 g/mol. The van der Waals surface area contributed by atoms with E-state index in [0.717, 1.165) is 25.1 Å². The van der Waals surface area contributed by atoms with Gasteiger partial charge < -0.3 is 10.2 Å². The Morgan fingerprint density at radius 1 is 1.32 bits per heavy atom. The Morgan fingerprint density at radius 3 is 2.53 bits per heavy atom. The van der Waals surface area contributed by atoms with Crippen LogP contribution >= 0.6 is 15.9 Å². The molecule has 0 amide bonds. The summed E-state index contributed by atoms with van der Waals surface area (Å²) in [5.41, 5.74) is 1.10. The molecule has 0 radical (unpaired) electrons. The molecule has 1 atom stereocenters. The van der Waals surface area contributed by atoms with Crippen LogP contribution in [0, 0.1) is 11.7 Å². The summed E-state index contributed by atoms with van der Waals surface area (Å²) in [6.07, 6.45) is 1.14. The maximum absolute atomic E-state index is 13.2. The fourth-order valence-electron chi connectivity index (χ4n) is 2.14. The van der Waals surface area contributed by atoms with E-state index in [1.807, 2.05) is 12.1 Å². The summed E-state index contributed by atoms with van der Waals surface area (Å²) in [6, 6.07) is 5.63. The Kier molecular flexibility index (Phi) is 6.97. The molecule has 2 nitrogen and oxygen atoms in total. The van der Waals surface area contributed by atoms with E-state index in [0.29, 0.717) is 16.4 Å². The molecular formula is C15H24BrFN2. The van der Waals surface area contributed by atoms with Gasteiger partial charge >= 0.3 is 0 Å². The summed E-state index contributed by atoms with van der Waals surface area (Å²) >= 11 is 3.22. The fraction of sp³-hybridized carbons (Fsp3) is 0.600. The van der Waals surface area contributed by atoms with Crippen molar-refractivity contribution in [1.29, 1.82) is 0 Å². The summed E-state index contributed by atoms with van der Waals surface area (Å²) in [7, 11) is 4.17. The normalized spacial score (nSPS) is 13.3. The van der Waals surface area contributed by atoms with E-state index < -0.39 is 0 Å². The third-order valence-electron chi connectivity index (χ3n) is 2.92. The van der Waals surface area contributed by atoms with Crippen molar-refractivity contribution in [2.45, 2.75) is 32.9 Å². The molecule has 0 saturated carbocycles. The number of hydrogen-bond donors (Lipinski definition) is 1. The number of nitrogens with zero attached hydrogens (tertiary/aromatic N) is 1. The number of nitrogens with one attached hydrogen (secondary N) is 1. The Hall–Kier alpha value is -0.450. The van der Waals surface area contributed by atoms with Gasteiger partial charge in [0.15, 0.2) is 0 Å². The highest BCUT2D eigenvalue weighted by Crippen LogP contribution is 2.17. The largest absolute Gasteiger partial charge is 0.309 e. The first-order chi connectivity index (χ1) is 8.88. The summed E-state index contributed by atoms with van der Waals surface area (Å²) in [6.45, 7) is 6.25. The van der Waals surface area contributed by atoms with Crippen LogP contribution in [0.3, 0.4) is 0 Å². The Labute approximate surface area is 124 Å². The van der Waals surface area contributed by atoms with Gasteiger partial charge in [0.2, 0.25) is 0 Å². The van der Waals surface area contributed by atoms with Gasteiger partial charge in [0.05, 0.1) is 4.47 Å². The predicted octanol–water partition coefficient (Wildman–Crippen LogP) is 3.65. The molecule has 0 aromatic heterocycles. The van der Waals surface area contributed by atoms with Crippen LogP contribution in [0.15, 0.2) is 22.7 Å². The number of likely N-dealkylation sites (N-methyl/N-ethyl adjacent to an activating group) is 1. The van der Waals surface area contributed by atoms with Gasteiger partial charge in [-0.25, -0.2) is 4.39 Å². The summed E-state index contributed by atoms with van der Waals surface area (Å²) in [5, 5.41) is 3.56. The van der Waals surface area contributed by atoms with Crippen LogP contribution in [-0.4, -0.2) is 31.6 Å². The first-order valence-electron chi connectivity index (χ1n) is 6.70. The Balaban J connectivity index is 2.56. The monoisotopic (exact) mass is 330 g/mol. The molecule has 19 heavy (non-hydrogen) atoms. The van der Waals surface area contributed by atoms with Crippen LogP contribution in [0.1, 0.15) is 25.8 Å². The van der Waals surface area contributed by atoms with Gasteiger partial charge in [-0.3, -0.25) is 0 Å². The van der Waals surface area contributed by atoms with E-state index in [1.165, 1.54) is 6.07 Å². The lowest BCUT2D eigenvalue weighted by Crippen LogP contribution is -2.38. The van der Waals surface area contributed by atoms with E-state index in [2.05, 4.69) is 54.1 Å². The van der Waals surface area contributed by atoms with Crippen LogP contribution in [0.4, 0.5) is 4.39 Å². The van der Waals surface area contributed by atoms with E-state index in [9.17, 15) is 4.39 Å². The van der Waals surface area contributed by atoms with Crippen molar-refractivity contribution in [3.05, 3.63) is 34.1 Å². The average Bonchev–Trinajstić information content (AvgIpc) is 2.29. The lowest BCUT2D eigenvalue weighted by Gasteiger charge is -2.24. The van der Waals surface area contributed by atoms with Crippen molar-refractivity contribution < 1.29 is 4.39 Å². The minimum absolute atomic E-state index is 0.212. The number of benzene rings is 1. The molecule has 0 aliphatic carbocycles. The molecule has 1 N–H and O–H groups in total. The van der Waals surface area contributed by atoms with E-state index >= 15 is 0 Å². The molecule has 0 bridgehead atoms. The lowest BCUT2D eigenvalue weighted by molar-refractivity contribution is 0.305. The van der Waals surface area contributed by atoms with E-state index in [4.69, 9.17) is 0 Å². The van der Waals surface area contributed by atoms with E-state index in [-0.39, 0.29) is 5.82 Å². The van der Waals surface area contributed by atoms with Gasteiger partial charge in [-0.05, 0) is 60.1 Å². The van der Waals surface area contributed by atoms with Crippen LogP contribution in [-0.2, 0) is 6.54 Å². The molecule has 4 heteroatoms. The summed E-state index contributed by atoms with van der Waals surface area (Å²) in [4.78, 5) is 2.20. The second-order valence-corrected chi connectivity index (χ2v) is 6.57. The van der Waals surface area contributed by atoms with Gasteiger partial charge in [0, 0.05) is 19.1 Å². The highest BCUT2D eigenvalue weighted by molar-refractivity contribution is 9.10. The van der Waals surface area contributed by atoms with Crippen LogP contribution in [0.5, 0.6) is 0 Å². The molecular weight excluding hydrogens is 307 g/mol. The highest BCUT2D eigenvalue weighted by atomic mass is 79.9. The molecule has 1 rings (SSSR count). The molecule has 1 aromatic carbocycles. The zero-order chi connectivity index (χ0) is 14.4. The lowest BCUT2D eigenvalue weighted by atomic mass is 10.0. The molecule has 108 valence electrons. The first-order valence-corrected chi connectivity index (χ1v) is 7.49. The van der Waals surface area contributed by atoms with Crippen LogP contribution in [0.25, 0.3) is 0 Å². The number of hydrogen-bond acceptors (Lipinski definition) is 2. The predicted molar refractivity (Wildman–Crippen MR) is 82.7 cm³/mol. The van der Waals surface area contributed by atoms with Gasteiger partial charge in [-0.2, -0.15) is 0 Å². The van der Waals surface area contributed by atoms with Crippen molar-refractivity contribution in [3.63, 3.8) is 0 Å². The number of rotatable bonds is 7. The topological polar surface area (TPSA) is 15.3 Å². The van der Waals surface area contributed by atoms with Crippen molar-refractivity contribution in [2.75, 3.05) is 20.6 Å². The standard InChI is InChI=1S/C15H24BrFN2/c1-11(2)7-13(10-19(3)4)18-9-12-5-6-15(17)14(16)8-12/h5-6,8,11,13,18H,7,9-10H2,1-4H3. The molecule has 1 aromatic rings. The first kappa shape index (κ1) is 16.6. The molecule has 0 spiro atoms. The van der Waals surface area contributed by atoms with Gasteiger partial charge in [-0.1, -0.05) is 19.9 Å². The summed E-state index contributed by atoms with van der Waals surface area (Å²) in [5.74, 6) is 0.452. The smallest absolute Gasteiger partial charge is 0.137 e. The second kappa shape index (κ2) is 7.98. The maximum atomic E-state index is 13.2. The van der Waals surface area contributed by atoms with Gasteiger partial charge in [0.25, 0.3) is 0 Å². The SMILES string of the molecule is CC(C)CC(CN(C)C)NCc1ccc(F)c(Br)c1.